The normalized spacial score (nSPS) is 15.6. The summed E-state index contributed by atoms with van der Waals surface area (Å²) in [5.74, 6) is -8.52. The Morgan fingerprint density at radius 2 is 1.47 bits per heavy atom. The number of hydrogen-bond acceptors (Lipinski definition) is 1. The highest BCUT2D eigenvalue weighted by molar-refractivity contribution is 5.84. The van der Waals surface area contributed by atoms with Gasteiger partial charge in [-0.3, -0.25) is 4.79 Å². The van der Waals surface area contributed by atoms with E-state index in [0.29, 0.717) is 6.92 Å². The summed E-state index contributed by atoms with van der Waals surface area (Å²) in [6, 6.07) is -1.88. The van der Waals surface area contributed by atoms with Gasteiger partial charge in [-0.05, 0) is 6.92 Å². The standard InChI is InChI=1S/C7H7F8NO/c1-3(2-5(8,9)10)16-4(17)6(11,12)7(13,14)15/h3H,2H2,1H3,(H,16,17). The van der Waals surface area contributed by atoms with Crippen LogP contribution in [0.15, 0.2) is 0 Å². The Morgan fingerprint density at radius 1 is 1.06 bits per heavy atom. The molecule has 0 aliphatic rings. The molecular formula is C7H7F8NO. The molecule has 1 unspecified atom stereocenters. The van der Waals surface area contributed by atoms with Crippen molar-refractivity contribution in [3.05, 3.63) is 0 Å². The number of hydrogen-bond donors (Lipinski definition) is 1. The molecule has 0 aliphatic carbocycles. The predicted molar refractivity (Wildman–Crippen MR) is 39.3 cm³/mol. The minimum atomic E-state index is -6.14. The van der Waals surface area contributed by atoms with Crippen molar-refractivity contribution in [3.8, 4) is 0 Å². The van der Waals surface area contributed by atoms with Gasteiger partial charge < -0.3 is 5.32 Å². The smallest absolute Gasteiger partial charge is 0.348 e. The van der Waals surface area contributed by atoms with Gasteiger partial charge in [0.05, 0.1) is 6.42 Å². The minimum absolute atomic E-state index is 0.665. The first-order valence-electron chi connectivity index (χ1n) is 4.09. The first kappa shape index (κ1) is 15.9. The lowest BCUT2D eigenvalue weighted by molar-refractivity contribution is -0.270. The molecule has 0 radical (unpaired) electrons. The Kier molecular flexibility index (Phi) is 4.35. The van der Waals surface area contributed by atoms with Gasteiger partial charge in [-0.25, -0.2) is 0 Å². The molecule has 102 valence electrons. The largest absolute Gasteiger partial charge is 0.463 e. The number of carbonyl (C=O) groups excluding carboxylic acids is 1. The summed E-state index contributed by atoms with van der Waals surface area (Å²) in [6.07, 6.45) is -12.6. The molecule has 1 amide bonds. The molecule has 0 aromatic carbocycles. The van der Waals surface area contributed by atoms with Gasteiger partial charge in [0.1, 0.15) is 0 Å². The lowest BCUT2D eigenvalue weighted by atomic mass is 10.2. The average Bonchev–Trinajstić information content (AvgIpc) is 1.97. The molecule has 0 aliphatic heterocycles. The topological polar surface area (TPSA) is 29.1 Å². The number of carbonyl (C=O) groups is 1. The van der Waals surface area contributed by atoms with Crippen LogP contribution in [0.25, 0.3) is 0 Å². The van der Waals surface area contributed by atoms with Gasteiger partial charge in [0.2, 0.25) is 0 Å². The van der Waals surface area contributed by atoms with E-state index in [0.717, 1.165) is 5.32 Å². The fourth-order valence-corrected chi connectivity index (χ4v) is 0.841. The lowest BCUT2D eigenvalue weighted by Crippen LogP contribution is -2.53. The molecular weight excluding hydrogens is 266 g/mol. The third-order valence-corrected chi connectivity index (χ3v) is 1.56. The van der Waals surface area contributed by atoms with Crippen molar-refractivity contribution < 1.29 is 39.9 Å². The lowest BCUT2D eigenvalue weighted by Gasteiger charge is -2.22. The summed E-state index contributed by atoms with van der Waals surface area (Å²) < 4.78 is 94.7. The summed E-state index contributed by atoms with van der Waals surface area (Å²) in [5.41, 5.74) is 0. The zero-order chi connectivity index (χ0) is 14.1. The molecule has 0 bridgehead atoms. The molecule has 0 aromatic rings. The quantitative estimate of drug-likeness (QED) is 0.787. The van der Waals surface area contributed by atoms with E-state index < -0.39 is 36.6 Å². The maximum atomic E-state index is 12.3. The van der Waals surface area contributed by atoms with Crippen molar-refractivity contribution in [1.29, 1.82) is 0 Å². The Labute approximate surface area is 90.0 Å². The summed E-state index contributed by atoms with van der Waals surface area (Å²) in [4.78, 5) is 10.5. The molecule has 0 saturated heterocycles. The number of alkyl halides is 8. The van der Waals surface area contributed by atoms with E-state index >= 15 is 0 Å². The van der Waals surface area contributed by atoms with Crippen molar-refractivity contribution in [2.75, 3.05) is 0 Å². The highest BCUT2D eigenvalue weighted by atomic mass is 19.4. The van der Waals surface area contributed by atoms with Crippen molar-refractivity contribution in [2.24, 2.45) is 0 Å². The zero-order valence-electron chi connectivity index (χ0n) is 8.22. The van der Waals surface area contributed by atoms with Crippen LogP contribution in [0.2, 0.25) is 0 Å². The van der Waals surface area contributed by atoms with Crippen LogP contribution in [-0.4, -0.2) is 30.2 Å². The fraction of sp³-hybridized carbons (Fsp3) is 0.857. The second-order valence-corrected chi connectivity index (χ2v) is 3.27. The van der Waals surface area contributed by atoms with E-state index in [4.69, 9.17) is 0 Å². The number of halogens is 8. The first-order valence-corrected chi connectivity index (χ1v) is 4.09. The van der Waals surface area contributed by atoms with Gasteiger partial charge >= 0.3 is 24.2 Å². The molecule has 0 rings (SSSR count). The van der Waals surface area contributed by atoms with Gasteiger partial charge in [-0.15, -0.1) is 0 Å². The third kappa shape index (κ3) is 4.73. The Bertz CT molecular complexity index is 281. The van der Waals surface area contributed by atoms with Crippen LogP contribution in [0.5, 0.6) is 0 Å². The van der Waals surface area contributed by atoms with Gasteiger partial charge in [-0.2, -0.15) is 35.1 Å². The highest BCUT2D eigenvalue weighted by Gasteiger charge is 2.63. The van der Waals surface area contributed by atoms with E-state index in [-0.39, 0.29) is 0 Å². The maximum Gasteiger partial charge on any atom is 0.463 e. The van der Waals surface area contributed by atoms with Crippen molar-refractivity contribution >= 4 is 5.91 Å². The first-order chi connectivity index (χ1) is 7.27. The monoisotopic (exact) mass is 273 g/mol. The van der Waals surface area contributed by atoms with Crippen molar-refractivity contribution in [1.82, 2.24) is 5.32 Å². The van der Waals surface area contributed by atoms with Crippen LogP contribution in [0.4, 0.5) is 35.1 Å². The second-order valence-electron chi connectivity index (χ2n) is 3.27. The SMILES string of the molecule is CC(CC(F)(F)F)NC(=O)C(F)(F)C(F)(F)F. The van der Waals surface area contributed by atoms with Gasteiger partial charge in [0.25, 0.3) is 0 Å². The fourth-order valence-electron chi connectivity index (χ4n) is 0.841. The number of rotatable bonds is 3. The third-order valence-electron chi connectivity index (χ3n) is 1.56. The zero-order valence-corrected chi connectivity index (χ0v) is 8.22. The van der Waals surface area contributed by atoms with Crippen molar-refractivity contribution in [2.45, 2.75) is 37.7 Å². The van der Waals surface area contributed by atoms with Crippen LogP contribution in [0.1, 0.15) is 13.3 Å². The van der Waals surface area contributed by atoms with Gasteiger partial charge in [0.15, 0.2) is 0 Å². The van der Waals surface area contributed by atoms with E-state index in [1.165, 1.54) is 0 Å². The number of nitrogens with one attached hydrogen (secondary N) is 1. The molecule has 0 saturated carbocycles. The molecule has 1 atom stereocenters. The molecule has 10 heteroatoms. The maximum absolute atomic E-state index is 12.3. The van der Waals surface area contributed by atoms with Crippen LogP contribution in [-0.2, 0) is 4.79 Å². The molecule has 1 N–H and O–H groups in total. The molecule has 0 aromatic heterocycles. The summed E-state index contributed by atoms with van der Waals surface area (Å²) in [6.45, 7) is 0.665. The molecule has 0 heterocycles. The Hall–Kier alpha value is -1.09. The highest BCUT2D eigenvalue weighted by Crippen LogP contribution is 2.35. The van der Waals surface area contributed by atoms with E-state index in [9.17, 15) is 39.9 Å². The van der Waals surface area contributed by atoms with Crippen LogP contribution < -0.4 is 5.32 Å². The van der Waals surface area contributed by atoms with Crippen molar-refractivity contribution in [3.63, 3.8) is 0 Å². The van der Waals surface area contributed by atoms with Crippen LogP contribution >= 0.6 is 0 Å². The second kappa shape index (κ2) is 4.65. The van der Waals surface area contributed by atoms with E-state index in [2.05, 4.69) is 0 Å². The predicted octanol–water partition coefficient (Wildman–Crippen LogP) is 2.64. The Balaban J connectivity index is 4.56. The summed E-state index contributed by atoms with van der Waals surface area (Å²) in [5, 5.41) is 0.954. The summed E-state index contributed by atoms with van der Waals surface area (Å²) in [7, 11) is 0. The van der Waals surface area contributed by atoms with E-state index in [1.807, 2.05) is 0 Å². The minimum Gasteiger partial charge on any atom is -0.348 e. The average molecular weight is 273 g/mol. The molecule has 2 nitrogen and oxygen atoms in total. The summed E-state index contributed by atoms with van der Waals surface area (Å²) >= 11 is 0. The number of amides is 1. The molecule has 17 heavy (non-hydrogen) atoms. The van der Waals surface area contributed by atoms with Crippen LogP contribution in [0.3, 0.4) is 0 Å². The van der Waals surface area contributed by atoms with E-state index in [1.54, 1.807) is 0 Å². The Morgan fingerprint density at radius 3 is 1.76 bits per heavy atom. The molecule has 0 spiro atoms. The van der Waals surface area contributed by atoms with Gasteiger partial charge in [0, 0.05) is 6.04 Å². The van der Waals surface area contributed by atoms with Gasteiger partial charge in [-0.1, -0.05) is 0 Å². The van der Waals surface area contributed by atoms with Crippen LogP contribution in [0, 0.1) is 0 Å². The molecule has 0 fully saturated rings.